The number of nitrogens with zero attached hydrogens (tertiary/aromatic N) is 1. The molecule has 0 saturated carbocycles. The molecule has 6 nitrogen and oxygen atoms in total. The predicted molar refractivity (Wildman–Crippen MR) is 75.3 cm³/mol. The zero-order valence-electron chi connectivity index (χ0n) is 12.0. The van der Waals surface area contributed by atoms with Crippen molar-refractivity contribution in [3.8, 4) is 0 Å². The topological polar surface area (TPSA) is 78.5 Å². The Morgan fingerprint density at radius 2 is 1.95 bits per heavy atom. The van der Waals surface area contributed by atoms with Crippen molar-refractivity contribution in [3.63, 3.8) is 0 Å². The summed E-state index contributed by atoms with van der Waals surface area (Å²) in [6.45, 7) is 6.40. The molecule has 112 valence electrons. The van der Waals surface area contributed by atoms with Gasteiger partial charge < -0.3 is 10.6 Å². The Labute approximate surface area is 116 Å². The third kappa shape index (κ3) is 5.46. The van der Waals surface area contributed by atoms with E-state index in [4.69, 9.17) is 0 Å². The lowest BCUT2D eigenvalue weighted by molar-refractivity contribution is -0.125. The number of carbonyl (C=O) groups excluding carboxylic acids is 1. The second kappa shape index (κ2) is 7.21. The molecule has 0 bridgehead atoms. The van der Waals surface area contributed by atoms with Crippen LogP contribution in [-0.4, -0.2) is 57.1 Å². The molecule has 7 heteroatoms. The molecular formula is C12H25N3O3S. The van der Waals surface area contributed by atoms with E-state index in [9.17, 15) is 13.2 Å². The fourth-order valence-electron chi connectivity index (χ4n) is 2.13. The first kappa shape index (κ1) is 16.4. The molecule has 19 heavy (non-hydrogen) atoms. The van der Waals surface area contributed by atoms with Crippen LogP contribution in [0.2, 0.25) is 0 Å². The molecule has 0 aromatic carbocycles. The Morgan fingerprint density at radius 3 is 2.42 bits per heavy atom. The maximum atomic E-state index is 11.9. The quantitative estimate of drug-likeness (QED) is 0.709. The minimum absolute atomic E-state index is 0.0405. The monoisotopic (exact) mass is 291 g/mol. The fourth-order valence-corrected chi connectivity index (χ4v) is 3.00. The van der Waals surface area contributed by atoms with E-state index >= 15 is 0 Å². The fraction of sp³-hybridized carbons (Fsp3) is 0.917. The lowest BCUT2D eigenvalue weighted by Gasteiger charge is -2.31. The van der Waals surface area contributed by atoms with Crippen molar-refractivity contribution >= 4 is 15.9 Å². The van der Waals surface area contributed by atoms with Crippen LogP contribution in [0, 0.1) is 5.92 Å². The smallest absolute Gasteiger partial charge is 0.224 e. The first-order valence-corrected chi connectivity index (χ1v) is 8.65. The summed E-state index contributed by atoms with van der Waals surface area (Å²) in [5, 5.41) is 6.14. The summed E-state index contributed by atoms with van der Waals surface area (Å²) in [4.78, 5) is 11.9. The van der Waals surface area contributed by atoms with Crippen molar-refractivity contribution in [2.75, 3.05) is 32.4 Å². The molecule has 0 radical (unpaired) electrons. The largest absolute Gasteiger partial charge is 0.353 e. The minimum Gasteiger partial charge on any atom is -0.353 e. The third-order valence-corrected chi connectivity index (χ3v) is 4.72. The molecule has 0 aromatic rings. The second-order valence-corrected chi connectivity index (χ2v) is 7.14. The van der Waals surface area contributed by atoms with Gasteiger partial charge in [-0.15, -0.1) is 0 Å². The summed E-state index contributed by atoms with van der Waals surface area (Å²) in [5.74, 6) is -0.0216. The number of amides is 1. The van der Waals surface area contributed by atoms with Crippen LogP contribution in [0.3, 0.4) is 0 Å². The van der Waals surface area contributed by atoms with Gasteiger partial charge in [0.25, 0.3) is 0 Å². The molecule has 1 aliphatic rings. The molecule has 1 unspecified atom stereocenters. The highest BCUT2D eigenvalue weighted by Gasteiger charge is 2.26. The van der Waals surface area contributed by atoms with E-state index < -0.39 is 10.0 Å². The van der Waals surface area contributed by atoms with Gasteiger partial charge in [-0.05, 0) is 19.4 Å². The van der Waals surface area contributed by atoms with Gasteiger partial charge in [0.2, 0.25) is 15.9 Å². The number of hydrogen-bond donors (Lipinski definition) is 2. The normalized spacial score (nSPS) is 20.2. The highest BCUT2D eigenvalue weighted by atomic mass is 32.2. The minimum atomic E-state index is -3.10. The number of rotatable bonds is 6. The zero-order valence-corrected chi connectivity index (χ0v) is 12.8. The van der Waals surface area contributed by atoms with E-state index in [1.165, 1.54) is 10.6 Å². The summed E-state index contributed by atoms with van der Waals surface area (Å²) in [6.07, 6.45) is 2.60. The molecule has 1 atom stereocenters. The number of carbonyl (C=O) groups is 1. The first-order chi connectivity index (χ1) is 8.84. The van der Waals surface area contributed by atoms with Crippen molar-refractivity contribution in [1.29, 1.82) is 0 Å². The Hall–Kier alpha value is -0.660. The Kier molecular flexibility index (Phi) is 6.22. The van der Waals surface area contributed by atoms with Crippen LogP contribution >= 0.6 is 0 Å². The van der Waals surface area contributed by atoms with Gasteiger partial charge in [-0.3, -0.25) is 4.79 Å². The van der Waals surface area contributed by atoms with Gasteiger partial charge in [0.1, 0.15) is 0 Å². The molecule has 2 N–H and O–H groups in total. The standard InChI is InChI=1S/C12H25N3O3S/c1-4-13-9-10(2)12(16)14-11-5-7-15(8-6-11)19(3,17)18/h10-11,13H,4-9H2,1-3H3,(H,14,16). The average Bonchev–Trinajstić information content (AvgIpc) is 2.35. The highest BCUT2D eigenvalue weighted by molar-refractivity contribution is 7.88. The van der Waals surface area contributed by atoms with Crippen molar-refractivity contribution < 1.29 is 13.2 Å². The van der Waals surface area contributed by atoms with Crippen LogP contribution in [0.5, 0.6) is 0 Å². The van der Waals surface area contributed by atoms with E-state index in [0.717, 1.165) is 6.54 Å². The summed E-state index contributed by atoms with van der Waals surface area (Å²) in [7, 11) is -3.10. The predicted octanol–water partition coefficient (Wildman–Crippen LogP) is -0.228. The molecule has 1 heterocycles. The van der Waals surface area contributed by atoms with Gasteiger partial charge in [-0.25, -0.2) is 12.7 Å². The van der Waals surface area contributed by atoms with Crippen molar-refractivity contribution in [1.82, 2.24) is 14.9 Å². The maximum Gasteiger partial charge on any atom is 0.224 e. The Bertz CT molecular complexity index is 389. The van der Waals surface area contributed by atoms with Gasteiger partial charge in [-0.1, -0.05) is 13.8 Å². The second-order valence-electron chi connectivity index (χ2n) is 5.15. The van der Waals surface area contributed by atoms with Gasteiger partial charge in [0.05, 0.1) is 6.26 Å². The first-order valence-electron chi connectivity index (χ1n) is 6.80. The summed E-state index contributed by atoms with van der Waals surface area (Å²) < 4.78 is 24.2. The number of nitrogens with one attached hydrogen (secondary N) is 2. The van der Waals surface area contributed by atoms with E-state index in [0.29, 0.717) is 32.5 Å². The molecule has 1 rings (SSSR count). The van der Waals surface area contributed by atoms with Crippen LogP contribution in [0.15, 0.2) is 0 Å². The zero-order chi connectivity index (χ0) is 14.5. The Morgan fingerprint density at radius 1 is 1.37 bits per heavy atom. The van der Waals surface area contributed by atoms with Gasteiger partial charge in [-0.2, -0.15) is 0 Å². The highest BCUT2D eigenvalue weighted by Crippen LogP contribution is 2.13. The van der Waals surface area contributed by atoms with Crippen LogP contribution in [-0.2, 0) is 14.8 Å². The van der Waals surface area contributed by atoms with E-state index in [2.05, 4.69) is 10.6 Å². The van der Waals surface area contributed by atoms with Crippen LogP contribution in [0.25, 0.3) is 0 Å². The van der Waals surface area contributed by atoms with E-state index in [1.807, 2.05) is 13.8 Å². The number of hydrogen-bond acceptors (Lipinski definition) is 4. The lowest BCUT2D eigenvalue weighted by Crippen LogP contribution is -2.48. The van der Waals surface area contributed by atoms with Gasteiger partial charge >= 0.3 is 0 Å². The molecule has 1 fully saturated rings. The van der Waals surface area contributed by atoms with E-state index in [1.54, 1.807) is 0 Å². The van der Waals surface area contributed by atoms with Crippen LogP contribution in [0.4, 0.5) is 0 Å². The van der Waals surface area contributed by atoms with Crippen LogP contribution in [0.1, 0.15) is 26.7 Å². The average molecular weight is 291 g/mol. The van der Waals surface area contributed by atoms with Crippen molar-refractivity contribution in [2.45, 2.75) is 32.7 Å². The Balaban J connectivity index is 2.35. The molecule has 1 amide bonds. The van der Waals surface area contributed by atoms with Crippen molar-refractivity contribution in [3.05, 3.63) is 0 Å². The SMILES string of the molecule is CCNCC(C)C(=O)NC1CCN(S(C)(=O)=O)CC1. The molecule has 1 saturated heterocycles. The number of piperidine rings is 1. The van der Waals surface area contributed by atoms with E-state index in [-0.39, 0.29) is 17.9 Å². The summed E-state index contributed by atoms with van der Waals surface area (Å²) in [5.41, 5.74) is 0. The van der Waals surface area contributed by atoms with Crippen molar-refractivity contribution in [2.24, 2.45) is 5.92 Å². The lowest BCUT2D eigenvalue weighted by atomic mass is 10.0. The molecule has 0 aliphatic carbocycles. The summed E-state index contributed by atoms with van der Waals surface area (Å²) >= 11 is 0. The molecular weight excluding hydrogens is 266 g/mol. The van der Waals surface area contributed by atoms with Gasteiger partial charge in [0.15, 0.2) is 0 Å². The molecule has 0 aromatic heterocycles. The molecule has 1 aliphatic heterocycles. The maximum absolute atomic E-state index is 11.9. The number of sulfonamides is 1. The summed E-state index contributed by atoms with van der Waals surface area (Å²) in [6, 6.07) is 0.0922. The third-order valence-electron chi connectivity index (χ3n) is 3.42. The van der Waals surface area contributed by atoms with Gasteiger partial charge in [0, 0.05) is 31.6 Å². The molecule has 0 spiro atoms. The van der Waals surface area contributed by atoms with Crippen LogP contribution < -0.4 is 10.6 Å².